The summed E-state index contributed by atoms with van der Waals surface area (Å²) in [5.74, 6) is 0.277. The molecule has 1 fully saturated rings. The van der Waals surface area contributed by atoms with Gasteiger partial charge < -0.3 is 10.4 Å². The number of benzene rings is 1. The van der Waals surface area contributed by atoms with Gasteiger partial charge in [-0.3, -0.25) is 9.78 Å². The van der Waals surface area contributed by atoms with Crippen LogP contribution >= 0.6 is 11.3 Å². The van der Waals surface area contributed by atoms with Crippen molar-refractivity contribution in [1.29, 1.82) is 0 Å². The van der Waals surface area contributed by atoms with Gasteiger partial charge in [-0.1, -0.05) is 18.2 Å². The van der Waals surface area contributed by atoms with Crippen LogP contribution in [0, 0.1) is 12.8 Å². The highest BCUT2D eigenvalue weighted by Gasteiger charge is 2.35. The van der Waals surface area contributed by atoms with Gasteiger partial charge in [-0.2, -0.15) is 0 Å². The molecule has 1 amide bonds. The molecule has 6 heteroatoms. The number of aliphatic hydroxyl groups is 1. The minimum absolute atomic E-state index is 0.0300. The van der Waals surface area contributed by atoms with Crippen LogP contribution in [-0.4, -0.2) is 27.1 Å². The maximum absolute atomic E-state index is 12.6. The Balaban J connectivity index is 1.50. The van der Waals surface area contributed by atoms with Gasteiger partial charge in [-0.05, 0) is 49.8 Å². The zero-order valence-corrected chi connectivity index (χ0v) is 16.1. The predicted octanol–water partition coefficient (Wildman–Crippen LogP) is 3.56. The SMILES string of the molecule is Cc1ncsc1CCC(=O)N[C@@H](c1cnc2ccccc2c1)C1CC(O)C1. The fraction of sp³-hybridized carbons (Fsp3) is 0.381. The van der Waals surface area contributed by atoms with Crippen LogP contribution in [0.25, 0.3) is 10.9 Å². The molecule has 2 aromatic heterocycles. The molecule has 140 valence electrons. The van der Waals surface area contributed by atoms with Crippen molar-refractivity contribution in [2.45, 2.75) is 44.8 Å². The lowest BCUT2D eigenvalue weighted by Crippen LogP contribution is -2.41. The largest absolute Gasteiger partial charge is 0.393 e. The highest BCUT2D eigenvalue weighted by atomic mass is 32.1. The third-order valence-electron chi connectivity index (χ3n) is 5.33. The van der Waals surface area contributed by atoms with Gasteiger partial charge in [-0.15, -0.1) is 11.3 Å². The number of rotatable bonds is 6. The van der Waals surface area contributed by atoms with Crippen LogP contribution in [0.1, 0.15) is 41.4 Å². The molecule has 1 aromatic carbocycles. The van der Waals surface area contributed by atoms with E-state index in [9.17, 15) is 9.90 Å². The van der Waals surface area contributed by atoms with E-state index in [2.05, 4.69) is 21.4 Å². The second-order valence-electron chi connectivity index (χ2n) is 7.25. The second-order valence-corrected chi connectivity index (χ2v) is 8.19. The molecule has 0 saturated heterocycles. The number of nitrogens with one attached hydrogen (secondary N) is 1. The van der Waals surface area contributed by atoms with Crippen molar-refractivity contribution >= 4 is 28.1 Å². The number of aromatic nitrogens is 2. The van der Waals surface area contributed by atoms with Crippen molar-refractivity contribution in [3.63, 3.8) is 0 Å². The average Bonchev–Trinajstić information content (AvgIpc) is 3.06. The van der Waals surface area contributed by atoms with Gasteiger partial charge in [0.2, 0.25) is 5.91 Å². The van der Waals surface area contributed by atoms with Crippen molar-refractivity contribution in [2.75, 3.05) is 0 Å². The predicted molar refractivity (Wildman–Crippen MR) is 107 cm³/mol. The molecule has 0 radical (unpaired) electrons. The number of fused-ring (bicyclic) bond motifs is 1. The van der Waals surface area contributed by atoms with Gasteiger partial charge in [0, 0.05) is 22.9 Å². The molecule has 2 heterocycles. The molecule has 1 aliphatic rings. The standard InChI is InChI=1S/C21H23N3O2S/c1-13-19(27-12-23-13)6-7-20(26)24-21(15-9-17(25)10-15)16-8-14-4-2-3-5-18(14)22-11-16/h2-5,8,11-12,15,17,21,25H,6-7,9-10H2,1H3,(H,24,26)/t15?,17?,21-/m1/s1. The lowest BCUT2D eigenvalue weighted by atomic mass is 9.75. The maximum atomic E-state index is 12.6. The number of hydrogen-bond acceptors (Lipinski definition) is 5. The van der Waals surface area contributed by atoms with E-state index in [1.807, 2.05) is 42.9 Å². The van der Waals surface area contributed by atoms with E-state index in [-0.39, 0.29) is 24.0 Å². The molecule has 1 aliphatic carbocycles. The van der Waals surface area contributed by atoms with Gasteiger partial charge in [0.15, 0.2) is 0 Å². The fourth-order valence-corrected chi connectivity index (χ4v) is 4.45. The smallest absolute Gasteiger partial charge is 0.220 e. The highest BCUT2D eigenvalue weighted by Crippen LogP contribution is 2.38. The topological polar surface area (TPSA) is 75.1 Å². The summed E-state index contributed by atoms with van der Waals surface area (Å²) in [5.41, 5.74) is 4.78. The van der Waals surface area contributed by atoms with E-state index in [0.717, 1.165) is 27.0 Å². The van der Waals surface area contributed by atoms with Crippen LogP contribution in [0.3, 0.4) is 0 Å². The molecule has 0 unspecified atom stereocenters. The van der Waals surface area contributed by atoms with Crippen molar-refractivity contribution < 1.29 is 9.90 Å². The van der Waals surface area contributed by atoms with Crippen LogP contribution in [0.5, 0.6) is 0 Å². The minimum Gasteiger partial charge on any atom is -0.393 e. The molecule has 1 atom stereocenters. The summed E-state index contributed by atoms with van der Waals surface area (Å²) in [5, 5.41) is 14.0. The van der Waals surface area contributed by atoms with Gasteiger partial charge in [0.25, 0.3) is 0 Å². The lowest BCUT2D eigenvalue weighted by Gasteiger charge is -2.38. The van der Waals surface area contributed by atoms with E-state index in [4.69, 9.17) is 0 Å². The first-order valence-corrected chi connectivity index (χ1v) is 10.2. The fourth-order valence-electron chi connectivity index (χ4n) is 3.67. The van der Waals surface area contributed by atoms with Crippen molar-refractivity contribution in [3.05, 3.63) is 58.2 Å². The Bertz CT molecular complexity index is 949. The molecule has 0 bridgehead atoms. The number of aliphatic hydroxyl groups excluding tert-OH is 1. The van der Waals surface area contributed by atoms with Crippen molar-refractivity contribution in [1.82, 2.24) is 15.3 Å². The van der Waals surface area contributed by atoms with Crippen LogP contribution in [0.4, 0.5) is 0 Å². The normalized spacial score (nSPS) is 20.2. The number of hydrogen-bond donors (Lipinski definition) is 2. The molecular weight excluding hydrogens is 358 g/mol. The molecule has 0 spiro atoms. The summed E-state index contributed by atoms with van der Waals surface area (Å²) in [6, 6.07) is 9.97. The summed E-state index contributed by atoms with van der Waals surface area (Å²) in [6.07, 6.45) is 4.17. The molecule has 1 saturated carbocycles. The number of carbonyl (C=O) groups excluding carboxylic acids is 1. The molecule has 3 aromatic rings. The zero-order valence-electron chi connectivity index (χ0n) is 15.3. The number of nitrogens with zero attached hydrogens (tertiary/aromatic N) is 2. The summed E-state index contributed by atoms with van der Waals surface area (Å²) >= 11 is 1.60. The maximum Gasteiger partial charge on any atom is 0.220 e. The van der Waals surface area contributed by atoms with E-state index in [1.54, 1.807) is 11.3 Å². The van der Waals surface area contributed by atoms with E-state index in [0.29, 0.717) is 25.7 Å². The Morgan fingerprint density at radius 1 is 1.33 bits per heavy atom. The van der Waals surface area contributed by atoms with Gasteiger partial charge in [0.05, 0.1) is 28.9 Å². The van der Waals surface area contributed by atoms with Gasteiger partial charge in [-0.25, -0.2) is 4.98 Å². The molecule has 5 nitrogen and oxygen atoms in total. The summed E-state index contributed by atoms with van der Waals surface area (Å²) < 4.78 is 0. The van der Waals surface area contributed by atoms with Crippen LogP contribution < -0.4 is 5.32 Å². The Morgan fingerprint density at radius 2 is 2.15 bits per heavy atom. The Hall–Kier alpha value is -2.31. The third-order valence-corrected chi connectivity index (χ3v) is 6.33. The third kappa shape index (κ3) is 4.01. The number of aryl methyl sites for hydroxylation is 2. The van der Waals surface area contributed by atoms with E-state index < -0.39 is 0 Å². The minimum atomic E-state index is -0.261. The Labute approximate surface area is 162 Å². The lowest BCUT2D eigenvalue weighted by molar-refractivity contribution is -0.123. The van der Waals surface area contributed by atoms with E-state index in [1.165, 1.54) is 0 Å². The molecule has 2 N–H and O–H groups in total. The first-order valence-electron chi connectivity index (χ1n) is 9.31. The summed E-state index contributed by atoms with van der Waals surface area (Å²) in [7, 11) is 0. The monoisotopic (exact) mass is 381 g/mol. The molecule has 27 heavy (non-hydrogen) atoms. The molecule has 0 aliphatic heterocycles. The molecular formula is C21H23N3O2S. The Kier molecular flexibility index (Phi) is 5.18. The second kappa shape index (κ2) is 7.74. The van der Waals surface area contributed by atoms with Gasteiger partial charge >= 0.3 is 0 Å². The number of carbonyl (C=O) groups is 1. The van der Waals surface area contributed by atoms with Crippen LogP contribution in [0.2, 0.25) is 0 Å². The average molecular weight is 382 g/mol. The number of amides is 1. The van der Waals surface area contributed by atoms with Gasteiger partial charge in [0.1, 0.15) is 0 Å². The number of pyridine rings is 1. The number of thiazole rings is 1. The zero-order chi connectivity index (χ0) is 18.8. The highest BCUT2D eigenvalue weighted by molar-refractivity contribution is 7.09. The summed E-state index contributed by atoms with van der Waals surface area (Å²) in [4.78, 5) is 22.6. The Morgan fingerprint density at radius 3 is 2.89 bits per heavy atom. The summed E-state index contributed by atoms with van der Waals surface area (Å²) in [6.45, 7) is 1.98. The first-order chi connectivity index (χ1) is 13.1. The van der Waals surface area contributed by atoms with Crippen molar-refractivity contribution in [2.24, 2.45) is 5.92 Å². The van der Waals surface area contributed by atoms with E-state index >= 15 is 0 Å². The molecule has 4 rings (SSSR count). The van der Waals surface area contributed by atoms with Crippen LogP contribution in [-0.2, 0) is 11.2 Å². The first kappa shape index (κ1) is 18.1. The van der Waals surface area contributed by atoms with Crippen molar-refractivity contribution in [3.8, 4) is 0 Å². The van der Waals surface area contributed by atoms with Crippen LogP contribution in [0.15, 0.2) is 42.0 Å². The quantitative estimate of drug-likeness (QED) is 0.685. The number of para-hydroxylation sites is 1.